The van der Waals surface area contributed by atoms with Gasteiger partial charge in [-0.1, -0.05) is 32.4 Å². The van der Waals surface area contributed by atoms with E-state index in [-0.39, 0.29) is 29.3 Å². The highest BCUT2D eigenvalue weighted by Crippen LogP contribution is 2.24. The van der Waals surface area contributed by atoms with Crippen molar-refractivity contribution in [3.8, 4) is 0 Å². The van der Waals surface area contributed by atoms with Gasteiger partial charge in [0, 0.05) is 18.0 Å². The molecule has 0 fully saturated rings. The lowest BCUT2D eigenvalue weighted by molar-refractivity contribution is -0.116. The second kappa shape index (κ2) is 6.91. The van der Waals surface area contributed by atoms with Gasteiger partial charge in [-0.3, -0.25) is 9.59 Å². The number of carbonyl (C=O) groups is 2. The number of anilines is 1. The van der Waals surface area contributed by atoms with Crippen LogP contribution in [0.15, 0.2) is 18.2 Å². The fourth-order valence-electron chi connectivity index (χ4n) is 2.07. The van der Waals surface area contributed by atoms with Crippen LogP contribution in [0, 0.1) is 5.41 Å². The Morgan fingerprint density at radius 2 is 1.95 bits per heavy atom. The normalized spacial score (nSPS) is 12.8. The van der Waals surface area contributed by atoms with Crippen LogP contribution in [0.1, 0.15) is 44.0 Å². The number of halogens is 1. The summed E-state index contributed by atoms with van der Waals surface area (Å²) in [7, 11) is 0. The number of rotatable bonds is 5. The lowest BCUT2D eigenvalue weighted by Crippen LogP contribution is -2.31. The molecule has 21 heavy (non-hydrogen) atoms. The number of primary amides is 1. The average molecular weight is 312 g/mol. The number of carbonyl (C=O) groups excluding carboxylic acids is 2. The summed E-state index contributed by atoms with van der Waals surface area (Å²) < 4.78 is 0. The summed E-state index contributed by atoms with van der Waals surface area (Å²) in [6, 6.07) is 4.25. The fraction of sp³-hybridized carbons (Fsp3) is 0.467. The smallest absolute Gasteiger partial charge is 0.248 e. The van der Waals surface area contributed by atoms with Crippen molar-refractivity contribution in [1.29, 1.82) is 0 Å². The second-order valence-corrected chi connectivity index (χ2v) is 6.74. The van der Waals surface area contributed by atoms with Gasteiger partial charge in [-0.15, -0.1) is 0 Å². The summed E-state index contributed by atoms with van der Waals surface area (Å²) in [6.07, 6.45) is 0.921. The molecule has 0 heterocycles. The Morgan fingerprint density at radius 3 is 2.48 bits per heavy atom. The predicted octanol–water partition coefficient (Wildman–Crippen LogP) is 2.53. The molecular formula is C15H22ClN3O2. The van der Waals surface area contributed by atoms with Crippen LogP contribution >= 0.6 is 11.6 Å². The molecule has 0 saturated carbocycles. The molecule has 2 amide bonds. The van der Waals surface area contributed by atoms with Gasteiger partial charge in [-0.05, 0) is 30.0 Å². The van der Waals surface area contributed by atoms with E-state index in [1.54, 1.807) is 0 Å². The highest BCUT2D eigenvalue weighted by molar-refractivity contribution is 6.33. The Bertz CT molecular complexity index is 538. The largest absolute Gasteiger partial charge is 0.366 e. The van der Waals surface area contributed by atoms with Gasteiger partial charge >= 0.3 is 0 Å². The molecule has 1 unspecified atom stereocenters. The second-order valence-electron chi connectivity index (χ2n) is 6.34. The maximum Gasteiger partial charge on any atom is 0.248 e. The average Bonchev–Trinajstić information content (AvgIpc) is 2.28. The summed E-state index contributed by atoms with van der Waals surface area (Å²) in [5, 5.41) is 3.01. The van der Waals surface area contributed by atoms with Crippen LogP contribution in [0.3, 0.4) is 0 Å². The molecule has 1 aromatic carbocycles. The molecule has 6 heteroatoms. The number of nitrogens with one attached hydrogen (secondary N) is 1. The van der Waals surface area contributed by atoms with Crippen molar-refractivity contribution in [2.75, 3.05) is 5.32 Å². The standard InChI is InChI=1S/C15H22ClN3O2/c1-15(2,3)8-10(17)7-13(20)19-12-6-9(14(18)21)4-5-11(12)16/h4-6,10H,7-8,17H2,1-3H3,(H2,18,21)(H,19,20). The van der Waals surface area contributed by atoms with Crippen molar-refractivity contribution in [3.05, 3.63) is 28.8 Å². The highest BCUT2D eigenvalue weighted by atomic mass is 35.5. The van der Waals surface area contributed by atoms with Crippen LogP contribution in [-0.2, 0) is 4.79 Å². The molecule has 0 aliphatic rings. The summed E-state index contributed by atoms with van der Waals surface area (Å²) in [5.74, 6) is -0.818. The van der Waals surface area contributed by atoms with Gasteiger partial charge in [0.25, 0.3) is 0 Å². The number of nitrogens with two attached hydrogens (primary N) is 2. The molecule has 116 valence electrons. The third-order valence-electron chi connectivity index (χ3n) is 2.85. The number of benzene rings is 1. The van der Waals surface area contributed by atoms with E-state index in [1.807, 2.05) is 0 Å². The van der Waals surface area contributed by atoms with Gasteiger partial charge in [0.05, 0.1) is 10.7 Å². The van der Waals surface area contributed by atoms with Crippen LogP contribution in [0.5, 0.6) is 0 Å². The monoisotopic (exact) mass is 311 g/mol. The van der Waals surface area contributed by atoms with Crippen molar-refractivity contribution in [3.63, 3.8) is 0 Å². The fourth-order valence-corrected chi connectivity index (χ4v) is 2.24. The zero-order valence-corrected chi connectivity index (χ0v) is 13.3. The molecule has 1 atom stereocenters. The third kappa shape index (κ3) is 6.14. The lowest BCUT2D eigenvalue weighted by atomic mass is 9.87. The lowest BCUT2D eigenvalue weighted by Gasteiger charge is -2.22. The zero-order valence-electron chi connectivity index (χ0n) is 12.6. The van der Waals surface area contributed by atoms with Crippen LogP contribution < -0.4 is 16.8 Å². The Balaban J connectivity index is 2.71. The Hall–Kier alpha value is -1.59. The third-order valence-corrected chi connectivity index (χ3v) is 3.18. The van der Waals surface area contributed by atoms with Gasteiger partial charge < -0.3 is 16.8 Å². The van der Waals surface area contributed by atoms with E-state index in [0.29, 0.717) is 10.7 Å². The van der Waals surface area contributed by atoms with Crippen molar-refractivity contribution in [1.82, 2.24) is 0 Å². The zero-order chi connectivity index (χ0) is 16.2. The summed E-state index contributed by atoms with van der Waals surface area (Å²) in [4.78, 5) is 23.1. The maximum absolute atomic E-state index is 12.0. The molecule has 0 radical (unpaired) electrons. The van der Waals surface area contributed by atoms with E-state index in [0.717, 1.165) is 6.42 Å². The summed E-state index contributed by atoms with van der Waals surface area (Å²) in [6.45, 7) is 6.20. The minimum atomic E-state index is -0.577. The first-order valence-corrected chi connectivity index (χ1v) is 7.11. The molecule has 5 nitrogen and oxygen atoms in total. The van der Waals surface area contributed by atoms with E-state index >= 15 is 0 Å². The van der Waals surface area contributed by atoms with Gasteiger partial charge in [0.1, 0.15) is 0 Å². The van der Waals surface area contributed by atoms with Gasteiger partial charge in [-0.25, -0.2) is 0 Å². The van der Waals surface area contributed by atoms with Crippen molar-refractivity contribution in [2.45, 2.75) is 39.7 Å². The van der Waals surface area contributed by atoms with E-state index in [9.17, 15) is 9.59 Å². The molecule has 0 spiro atoms. The van der Waals surface area contributed by atoms with E-state index in [1.165, 1.54) is 18.2 Å². The molecule has 1 rings (SSSR count). The molecule has 0 aliphatic carbocycles. The maximum atomic E-state index is 12.0. The SMILES string of the molecule is CC(C)(C)CC(N)CC(=O)Nc1cc(C(N)=O)ccc1Cl. The van der Waals surface area contributed by atoms with Crippen LogP contribution in [0.25, 0.3) is 0 Å². The van der Waals surface area contributed by atoms with E-state index in [2.05, 4.69) is 26.1 Å². The van der Waals surface area contributed by atoms with Crippen LogP contribution in [0.2, 0.25) is 5.02 Å². The first-order valence-electron chi connectivity index (χ1n) is 6.73. The number of hydrogen-bond acceptors (Lipinski definition) is 3. The predicted molar refractivity (Wildman–Crippen MR) is 85.3 cm³/mol. The van der Waals surface area contributed by atoms with Gasteiger partial charge in [0.15, 0.2) is 0 Å². The Labute approximate surface area is 130 Å². The van der Waals surface area contributed by atoms with Gasteiger partial charge in [-0.2, -0.15) is 0 Å². The molecular weight excluding hydrogens is 290 g/mol. The molecule has 1 aromatic rings. The number of amides is 2. The quantitative estimate of drug-likeness (QED) is 0.779. The summed E-state index contributed by atoms with van der Waals surface area (Å²) in [5.41, 5.74) is 11.9. The van der Waals surface area contributed by atoms with Crippen molar-refractivity contribution < 1.29 is 9.59 Å². The molecule has 0 aromatic heterocycles. The molecule has 5 N–H and O–H groups in total. The minimum Gasteiger partial charge on any atom is -0.366 e. The van der Waals surface area contributed by atoms with Crippen molar-refractivity contribution >= 4 is 29.1 Å². The number of hydrogen-bond donors (Lipinski definition) is 3. The first-order chi connectivity index (χ1) is 9.58. The summed E-state index contributed by atoms with van der Waals surface area (Å²) >= 11 is 5.99. The van der Waals surface area contributed by atoms with Crippen LogP contribution in [0.4, 0.5) is 5.69 Å². The van der Waals surface area contributed by atoms with Crippen LogP contribution in [-0.4, -0.2) is 17.9 Å². The van der Waals surface area contributed by atoms with Gasteiger partial charge in [0.2, 0.25) is 11.8 Å². The van der Waals surface area contributed by atoms with E-state index in [4.69, 9.17) is 23.1 Å². The topological polar surface area (TPSA) is 98.2 Å². The Morgan fingerprint density at radius 1 is 1.33 bits per heavy atom. The molecule has 0 saturated heterocycles. The molecule has 0 bridgehead atoms. The Kier molecular flexibility index (Phi) is 5.75. The van der Waals surface area contributed by atoms with Crippen molar-refractivity contribution in [2.24, 2.45) is 16.9 Å². The van der Waals surface area contributed by atoms with E-state index < -0.39 is 5.91 Å². The first kappa shape index (κ1) is 17.5. The highest BCUT2D eigenvalue weighted by Gasteiger charge is 2.18. The molecule has 0 aliphatic heterocycles. The minimum absolute atomic E-state index is 0.0588.